The van der Waals surface area contributed by atoms with E-state index in [1.807, 2.05) is 6.92 Å². The number of benzene rings is 1. The van der Waals surface area contributed by atoms with Gasteiger partial charge in [-0.2, -0.15) is 0 Å². The number of hydrogen-bond donors (Lipinski definition) is 3. The van der Waals surface area contributed by atoms with E-state index in [1.54, 1.807) is 18.2 Å². The van der Waals surface area contributed by atoms with Crippen LogP contribution in [0.25, 0.3) is 0 Å². The zero-order valence-electron chi connectivity index (χ0n) is 12.6. The molecule has 1 atom stereocenters. The zero-order valence-corrected chi connectivity index (χ0v) is 12.6. The van der Waals surface area contributed by atoms with Gasteiger partial charge in [-0.1, -0.05) is 13.8 Å². The van der Waals surface area contributed by atoms with Crippen LogP contribution in [0.1, 0.15) is 38.7 Å². The minimum atomic E-state index is 0.0152. The van der Waals surface area contributed by atoms with Gasteiger partial charge in [-0.15, -0.1) is 0 Å². The first-order valence-electron chi connectivity index (χ1n) is 7.23. The Morgan fingerprint density at radius 3 is 2.60 bits per heavy atom. The molecule has 0 aromatic heterocycles. The monoisotopic (exact) mass is 278 g/mol. The lowest BCUT2D eigenvalue weighted by Crippen LogP contribution is -2.18. The van der Waals surface area contributed by atoms with E-state index in [0.29, 0.717) is 24.8 Å². The summed E-state index contributed by atoms with van der Waals surface area (Å²) in [5.41, 5.74) is 7.23. The molecule has 0 aliphatic rings. The minimum Gasteiger partial charge on any atom is -0.508 e. The fourth-order valence-electron chi connectivity index (χ4n) is 2.34. The molecule has 4 nitrogen and oxygen atoms in total. The highest BCUT2D eigenvalue weighted by Crippen LogP contribution is 2.23. The van der Waals surface area contributed by atoms with Crippen molar-refractivity contribution in [1.29, 1.82) is 0 Å². The van der Waals surface area contributed by atoms with Gasteiger partial charge in [-0.3, -0.25) is 4.79 Å². The molecule has 4 N–H and O–H groups in total. The molecule has 4 heteroatoms. The predicted molar refractivity (Wildman–Crippen MR) is 82.7 cm³/mol. The Balaban J connectivity index is 2.51. The smallest absolute Gasteiger partial charge is 0.224 e. The van der Waals surface area contributed by atoms with Crippen molar-refractivity contribution in [3.05, 3.63) is 23.8 Å². The molecule has 0 radical (unpaired) electrons. The summed E-state index contributed by atoms with van der Waals surface area (Å²) in [4.78, 5) is 12.0. The number of hydrogen-bond acceptors (Lipinski definition) is 3. The molecule has 0 spiro atoms. The SMILES string of the molecule is Cc1cc(O)ccc1NC(=O)CCC(CCN)C(C)C. The molecule has 0 fully saturated rings. The number of aromatic hydroxyl groups is 1. The van der Waals surface area contributed by atoms with Crippen LogP contribution in [0.2, 0.25) is 0 Å². The Hall–Kier alpha value is -1.55. The highest BCUT2D eigenvalue weighted by Gasteiger charge is 2.14. The van der Waals surface area contributed by atoms with Crippen molar-refractivity contribution in [3.8, 4) is 5.75 Å². The maximum Gasteiger partial charge on any atom is 0.224 e. The average Bonchev–Trinajstić information content (AvgIpc) is 2.37. The molecule has 1 rings (SSSR count). The topological polar surface area (TPSA) is 75.3 Å². The molecule has 20 heavy (non-hydrogen) atoms. The number of anilines is 1. The van der Waals surface area contributed by atoms with Gasteiger partial charge < -0.3 is 16.2 Å². The molecule has 1 amide bonds. The quantitative estimate of drug-likeness (QED) is 0.671. The Kier molecular flexibility index (Phi) is 6.52. The predicted octanol–water partition coefficient (Wildman–Crippen LogP) is 3.04. The van der Waals surface area contributed by atoms with Crippen LogP contribution in [0.3, 0.4) is 0 Å². The van der Waals surface area contributed by atoms with Crippen molar-refractivity contribution in [2.75, 3.05) is 11.9 Å². The maximum absolute atomic E-state index is 12.0. The summed E-state index contributed by atoms with van der Waals surface area (Å²) in [6, 6.07) is 4.94. The van der Waals surface area contributed by atoms with Gasteiger partial charge in [0.25, 0.3) is 0 Å². The van der Waals surface area contributed by atoms with Crippen molar-refractivity contribution >= 4 is 11.6 Å². The molecule has 0 aliphatic carbocycles. The van der Waals surface area contributed by atoms with Gasteiger partial charge in [0.05, 0.1) is 0 Å². The second-order valence-electron chi connectivity index (χ2n) is 5.67. The van der Waals surface area contributed by atoms with E-state index < -0.39 is 0 Å². The normalized spacial score (nSPS) is 12.4. The lowest BCUT2D eigenvalue weighted by atomic mass is 9.88. The van der Waals surface area contributed by atoms with Crippen LogP contribution >= 0.6 is 0 Å². The lowest BCUT2D eigenvalue weighted by molar-refractivity contribution is -0.116. The fourth-order valence-corrected chi connectivity index (χ4v) is 2.34. The molecule has 0 saturated carbocycles. The van der Waals surface area contributed by atoms with Crippen LogP contribution in [0.5, 0.6) is 5.75 Å². The van der Waals surface area contributed by atoms with Crippen molar-refractivity contribution in [2.24, 2.45) is 17.6 Å². The van der Waals surface area contributed by atoms with Gasteiger partial charge in [0.2, 0.25) is 5.91 Å². The van der Waals surface area contributed by atoms with Crippen LogP contribution in [0.15, 0.2) is 18.2 Å². The summed E-state index contributed by atoms with van der Waals surface area (Å²) in [7, 11) is 0. The van der Waals surface area contributed by atoms with Crippen molar-refractivity contribution < 1.29 is 9.90 Å². The second kappa shape index (κ2) is 7.90. The number of phenolic OH excluding ortho intramolecular Hbond substituents is 1. The molecule has 0 bridgehead atoms. The van der Waals surface area contributed by atoms with E-state index in [1.165, 1.54) is 0 Å². The number of nitrogens with two attached hydrogens (primary N) is 1. The van der Waals surface area contributed by atoms with Gasteiger partial charge in [-0.25, -0.2) is 0 Å². The first-order chi connectivity index (χ1) is 9.43. The van der Waals surface area contributed by atoms with Crippen LogP contribution in [0, 0.1) is 18.8 Å². The number of carbonyl (C=O) groups excluding carboxylic acids is 1. The minimum absolute atomic E-state index is 0.0152. The Bertz CT molecular complexity index is 444. The van der Waals surface area contributed by atoms with E-state index in [-0.39, 0.29) is 11.7 Å². The highest BCUT2D eigenvalue weighted by atomic mass is 16.3. The summed E-state index contributed by atoms with van der Waals surface area (Å²) < 4.78 is 0. The standard InChI is InChI=1S/C16H26N2O2/c1-11(2)13(8-9-17)4-7-16(20)18-15-6-5-14(19)10-12(15)3/h5-6,10-11,13,19H,4,7-9,17H2,1-3H3,(H,18,20). The van der Waals surface area contributed by atoms with E-state index in [4.69, 9.17) is 5.73 Å². The van der Waals surface area contributed by atoms with Crippen molar-refractivity contribution in [1.82, 2.24) is 0 Å². The molecule has 1 aromatic carbocycles. The van der Waals surface area contributed by atoms with Crippen LogP contribution in [0.4, 0.5) is 5.69 Å². The third-order valence-corrected chi connectivity index (χ3v) is 3.71. The van der Waals surface area contributed by atoms with Crippen molar-refractivity contribution in [3.63, 3.8) is 0 Å². The summed E-state index contributed by atoms with van der Waals surface area (Å²) in [6.45, 7) is 6.87. The third kappa shape index (κ3) is 5.21. The third-order valence-electron chi connectivity index (χ3n) is 3.71. The number of nitrogens with one attached hydrogen (secondary N) is 1. The summed E-state index contributed by atoms with van der Waals surface area (Å²) >= 11 is 0. The van der Waals surface area contributed by atoms with Crippen LogP contribution in [-0.4, -0.2) is 17.6 Å². The van der Waals surface area contributed by atoms with Gasteiger partial charge in [-0.05, 0) is 61.9 Å². The molecule has 1 unspecified atom stereocenters. The highest BCUT2D eigenvalue weighted by molar-refractivity contribution is 5.91. The first-order valence-corrected chi connectivity index (χ1v) is 7.23. The molecule has 0 saturated heterocycles. The molecule has 112 valence electrons. The van der Waals surface area contributed by atoms with E-state index in [9.17, 15) is 9.90 Å². The summed E-state index contributed by atoms with van der Waals surface area (Å²) in [5.74, 6) is 1.26. The number of phenols is 1. The number of aryl methyl sites for hydroxylation is 1. The summed E-state index contributed by atoms with van der Waals surface area (Å²) in [5, 5.41) is 12.2. The molecular formula is C16H26N2O2. The fraction of sp³-hybridized carbons (Fsp3) is 0.562. The first kappa shape index (κ1) is 16.5. The van der Waals surface area contributed by atoms with Gasteiger partial charge in [0.1, 0.15) is 5.75 Å². The Morgan fingerprint density at radius 1 is 1.35 bits per heavy atom. The van der Waals surface area contributed by atoms with E-state index in [2.05, 4.69) is 19.2 Å². The maximum atomic E-state index is 12.0. The van der Waals surface area contributed by atoms with E-state index >= 15 is 0 Å². The Morgan fingerprint density at radius 2 is 2.05 bits per heavy atom. The lowest BCUT2D eigenvalue weighted by Gasteiger charge is -2.19. The summed E-state index contributed by atoms with van der Waals surface area (Å²) in [6.07, 6.45) is 2.32. The second-order valence-corrected chi connectivity index (χ2v) is 5.67. The number of amides is 1. The molecule has 0 aliphatic heterocycles. The van der Waals surface area contributed by atoms with Gasteiger partial charge in [0.15, 0.2) is 0 Å². The average molecular weight is 278 g/mol. The number of rotatable bonds is 7. The van der Waals surface area contributed by atoms with Crippen LogP contribution in [-0.2, 0) is 4.79 Å². The van der Waals surface area contributed by atoms with Crippen LogP contribution < -0.4 is 11.1 Å². The Labute approximate surface area is 121 Å². The van der Waals surface area contributed by atoms with Gasteiger partial charge >= 0.3 is 0 Å². The zero-order chi connectivity index (χ0) is 15.1. The van der Waals surface area contributed by atoms with Gasteiger partial charge in [0, 0.05) is 12.1 Å². The largest absolute Gasteiger partial charge is 0.508 e. The molecule has 0 heterocycles. The molecular weight excluding hydrogens is 252 g/mol. The molecule has 1 aromatic rings. The van der Waals surface area contributed by atoms with E-state index in [0.717, 1.165) is 24.1 Å². The number of carbonyl (C=O) groups is 1. The van der Waals surface area contributed by atoms with Crippen molar-refractivity contribution in [2.45, 2.75) is 40.0 Å².